The minimum atomic E-state index is 0.245. The third-order valence-corrected chi connectivity index (χ3v) is 13.5. The number of anilines is 6. The number of nitrogens with zero attached hydrogens (tertiary/aromatic N) is 4. The third kappa shape index (κ3) is 6.38. The second-order valence-electron chi connectivity index (χ2n) is 17.1. The first-order valence-corrected chi connectivity index (χ1v) is 22.3. The van der Waals surface area contributed by atoms with Crippen LogP contribution in [0.1, 0.15) is 98.3 Å². The predicted octanol–water partition coefficient (Wildman–Crippen LogP) is 16.0. The summed E-state index contributed by atoms with van der Waals surface area (Å²) in [6.07, 6.45) is 11.3. The van der Waals surface area contributed by atoms with Gasteiger partial charge in [-0.3, -0.25) is 0 Å². The molecular weight excluding hydrogens is 761 g/mol. The first-order valence-electron chi connectivity index (χ1n) is 22.3. The standard InChI is InChI=1S/C56H46N4O2/c57-35-37-27-31-41(32-28-37)53-51(39-15-3-1-4-16-39)55(59-43-19-7-11-23-47(43)61-48-24-12-8-20-44(48)59)52(40-17-5-2-6-18-40)54(42-33-29-38(36-58)30-34-42)56(53)60-45-21-9-13-25-49(45)62-50-26-14-10-22-46(50)60/h7-14,19-34,39-40H,1-6,15-18H2. The highest BCUT2D eigenvalue weighted by Crippen LogP contribution is 2.64. The molecule has 62 heavy (non-hydrogen) atoms. The number of benzene rings is 7. The molecule has 0 atom stereocenters. The van der Waals surface area contributed by atoms with Crippen molar-refractivity contribution in [3.05, 3.63) is 168 Å². The first-order chi connectivity index (χ1) is 30.7. The maximum atomic E-state index is 10.1. The van der Waals surface area contributed by atoms with Gasteiger partial charge in [0.05, 0.1) is 57.4 Å². The van der Waals surface area contributed by atoms with Crippen LogP contribution >= 0.6 is 0 Å². The van der Waals surface area contributed by atoms with E-state index >= 15 is 0 Å². The Kier molecular flexibility index (Phi) is 9.71. The maximum Gasteiger partial charge on any atom is 0.151 e. The van der Waals surface area contributed by atoms with Gasteiger partial charge in [-0.2, -0.15) is 10.5 Å². The minimum Gasteiger partial charge on any atom is -0.453 e. The van der Waals surface area contributed by atoms with Gasteiger partial charge in [-0.1, -0.05) is 111 Å². The number of fused-ring (bicyclic) bond motifs is 4. The molecule has 0 amide bonds. The van der Waals surface area contributed by atoms with Crippen molar-refractivity contribution in [1.82, 2.24) is 0 Å². The van der Waals surface area contributed by atoms with Gasteiger partial charge in [0, 0.05) is 11.1 Å². The van der Waals surface area contributed by atoms with Crippen molar-refractivity contribution in [2.24, 2.45) is 0 Å². The van der Waals surface area contributed by atoms with Gasteiger partial charge in [-0.05, 0) is 133 Å². The van der Waals surface area contributed by atoms with Gasteiger partial charge in [-0.25, -0.2) is 0 Å². The van der Waals surface area contributed by atoms with Crippen molar-refractivity contribution >= 4 is 34.1 Å². The summed E-state index contributed by atoms with van der Waals surface area (Å²) in [7, 11) is 0. The summed E-state index contributed by atoms with van der Waals surface area (Å²) < 4.78 is 13.5. The Morgan fingerprint density at radius 3 is 1.05 bits per heavy atom. The summed E-state index contributed by atoms with van der Waals surface area (Å²) in [6, 6.07) is 55.1. The van der Waals surface area contributed by atoms with E-state index in [2.05, 4.69) is 131 Å². The third-order valence-electron chi connectivity index (χ3n) is 13.5. The molecule has 4 aliphatic rings. The van der Waals surface area contributed by atoms with Gasteiger partial charge in [0.15, 0.2) is 23.0 Å². The van der Waals surface area contributed by atoms with E-state index in [1.54, 1.807) is 0 Å². The van der Waals surface area contributed by atoms with Crippen molar-refractivity contribution in [2.45, 2.75) is 76.0 Å². The quantitative estimate of drug-likeness (QED) is 0.167. The van der Waals surface area contributed by atoms with Gasteiger partial charge in [-0.15, -0.1) is 0 Å². The molecule has 2 fully saturated rings. The summed E-state index contributed by atoms with van der Waals surface area (Å²) in [5.41, 5.74) is 14.7. The van der Waals surface area contributed by atoms with E-state index < -0.39 is 0 Å². The van der Waals surface area contributed by atoms with E-state index in [0.717, 1.165) is 125 Å². The Bertz CT molecular complexity index is 2720. The summed E-state index contributed by atoms with van der Waals surface area (Å²) in [5, 5.41) is 20.3. The molecule has 0 radical (unpaired) electrons. The van der Waals surface area contributed by atoms with Crippen molar-refractivity contribution in [3.63, 3.8) is 0 Å². The fourth-order valence-corrected chi connectivity index (χ4v) is 10.7. The second kappa shape index (κ2) is 16.0. The monoisotopic (exact) mass is 806 g/mol. The van der Waals surface area contributed by atoms with Crippen LogP contribution in [-0.4, -0.2) is 0 Å². The molecule has 2 aliphatic heterocycles. The number of hydrogen-bond donors (Lipinski definition) is 0. The molecule has 0 spiro atoms. The molecule has 2 aliphatic carbocycles. The fraction of sp³-hybridized carbons (Fsp3) is 0.214. The Hall–Kier alpha value is -7.28. The van der Waals surface area contributed by atoms with Crippen LogP contribution in [0.3, 0.4) is 0 Å². The highest BCUT2D eigenvalue weighted by molar-refractivity contribution is 6.07. The predicted molar refractivity (Wildman–Crippen MR) is 248 cm³/mol. The molecule has 2 heterocycles. The zero-order valence-electron chi connectivity index (χ0n) is 34.7. The molecule has 6 heteroatoms. The van der Waals surface area contributed by atoms with E-state index in [-0.39, 0.29) is 11.8 Å². The van der Waals surface area contributed by atoms with Crippen LogP contribution < -0.4 is 19.3 Å². The van der Waals surface area contributed by atoms with E-state index in [1.807, 2.05) is 36.4 Å². The van der Waals surface area contributed by atoms with Crippen molar-refractivity contribution in [3.8, 4) is 57.4 Å². The fourth-order valence-electron chi connectivity index (χ4n) is 10.7. The number of hydrogen-bond acceptors (Lipinski definition) is 6. The van der Waals surface area contributed by atoms with Crippen molar-refractivity contribution < 1.29 is 9.47 Å². The summed E-state index contributed by atoms with van der Waals surface area (Å²) in [6.45, 7) is 0. The smallest absolute Gasteiger partial charge is 0.151 e. The number of rotatable bonds is 6. The summed E-state index contributed by atoms with van der Waals surface area (Å²) in [4.78, 5) is 5.02. The van der Waals surface area contributed by atoms with Gasteiger partial charge < -0.3 is 19.3 Å². The van der Waals surface area contributed by atoms with Crippen molar-refractivity contribution in [1.29, 1.82) is 10.5 Å². The lowest BCUT2D eigenvalue weighted by Gasteiger charge is -2.44. The van der Waals surface area contributed by atoms with E-state index in [9.17, 15) is 10.5 Å². The molecule has 0 unspecified atom stereocenters. The second-order valence-corrected chi connectivity index (χ2v) is 17.1. The minimum absolute atomic E-state index is 0.245. The zero-order chi connectivity index (χ0) is 41.6. The van der Waals surface area contributed by atoms with Gasteiger partial charge in [0.1, 0.15) is 0 Å². The van der Waals surface area contributed by atoms with Crippen LogP contribution in [0.25, 0.3) is 22.3 Å². The van der Waals surface area contributed by atoms with Gasteiger partial charge >= 0.3 is 0 Å². The molecule has 6 nitrogen and oxygen atoms in total. The topological polar surface area (TPSA) is 72.5 Å². The van der Waals surface area contributed by atoms with Crippen molar-refractivity contribution in [2.75, 3.05) is 9.80 Å². The lowest BCUT2D eigenvalue weighted by atomic mass is 9.71. The van der Waals surface area contributed by atoms with Crippen LogP contribution in [0.2, 0.25) is 0 Å². The molecular formula is C56H46N4O2. The van der Waals surface area contributed by atoms with Gasteiger partial charge in [0.2, 0.25) is 0 Å². The van der Waals surface area contributed by atoms with Crippen LogP contribution in [0.4, 0.5) is 34.1 Å². The van der Waals surface area contributed by atoms with Crippen LogP contribution in [-0.2, 0) is 0 Å². The molecule has 2 saturated carbocycles. The molecule has 0 N–H and O–H groups in total. The number of nitriles is 2. The van der Waals surface area contributed by atoms with Crippen LogP contribution in [0.5, 0.6) is 23.0 Å². The van der Waals surface area contributed by atoms with Gasteiger partial charge in [0.25, 0.3) is 0 Å². The van der Waals surface area contributed by atoms with E-state index in [4.69, 9.17) is 9.47 Å². The molecule has 7 aromatic rings. The lowest BCUT2D eigenvalue weighted by molar-refractivity contribution is 0.436. The maximum absolute atomic E-state index is 10.1. The van der Waals surface area contributed by atoms with Crippen LogP contribution in [0.15, 0.2) is 146 Å². The molecule has 7 aromatic carbocycles. The van der Waals surface area contributed by atoms with E-state index in [0.29, 0.717) is 11.1 Å². The molecule has 0 aromatic heterocycles. The average Bonchev–Trinajstić information content (AvgIpc) is 3.34. The SMILES string of the molecule is N#Cc1ccc(-c2c(C3CCCCC3)c(N3c4ccccc4Oc4ccccc43)c(C3CCCCC3)c(-c3ccc(C#N)cc3)c2N2c3ccccc3Oc3ccccc32)cc1. The largest absolute Gasteiger partial charge is 0.453 e. The molecule has 11 rings (SSSR count). The average molecular weight is 807 g/mol. The summed E-state index contributed by atoms with van der Waals surface area (Å²) >= 11 is 0. The number of para-hydroxylation sites is 8. The Morgan fingerprint density at radius 2 is 0.710 bits per heavy atom. The zero-order valence-corrected chi connectivity index (χ0v) is 34.7. The Balaban J connectivity index is 1.40. The Morgan fingerprint density at radius 1 is 0.387 bits per heavy atom. The Labute approximate surface area is 363 Å². The number of ether oxygens (including phenoxy) is 2. The van der Waals surface area contributed by atoms with Crippen LogP contribution in [0, 0.1) is 22.7 Å². The molecule has 302 valence electrons. The molecule has 0 saturated heterocycles. The molecule has 0 bridgehead atoms. The summed E-state index contributed by atoms with van der Waals surface area (Å²) in [5.74, 6) is 3.73. The first kappa shape index (κ1) is 37.7. The highest BCUT2D eigenvalue weighted by Gasteiger charge is 2.41. The normalized spacial score (nSPS) is 15.8. The lowest BCUT2D eigenvalue weighted by Crippen LogP contribution is -2.26. The highest BCUT2D eigenvalue weighted by atomic mass is 16.5. The van der Waals surface area contributed by atoms with E-state index in [1.165, 1.54) is 29.7 Å².